The van der Waals surface area contributed by atoms with Gasteiger partial charge in [0, 0.05) is 24.3 Å². The summed E-state index contributed by atoms with van der Waals surface area (Å²) in [6, 6.07) is 4.08. The summed E-state index contributed by atoms with van der Waals surface area (Å²) in [5.41, 5.74) is 4.56. The second-order valence-corrected chi connectivity index (χ2v) is 4.72. The molecular weight excluding hydrogens is 267 g/mol. The molecule has 0 saturated heterocycles. The molecule has 0 bridgehead atoms. The van der Waals surface area contributed by atoms with E-state index in [2.05, 4.69) is 0 Å². The van der Waals surface area contributed by atoms with E-state index in [9.17, 15) is 13.2 Å². The van der Waals surface area contributed by atoms with Gasteiger partial charge in [-0.05, 0) is 31.0 Å². The van der Waals surface area contributed by atoms with Crippen LogP contribution in [-0.2, 0) is 6.18 Å². The van der Waals surface area contributed by atoms with E-state index in [1.165, 1.54) is 6.07 Å². The van der Waals surface area contributed by atoms with E-state index in [0.717, 1.165) is 18.9 Å². The lowest BCUT2D eigenvalue weighted by atomic mass is 10.0. The highest BCUT2D eigenvalue weighted by Gasteiger charge is 2.34. The number of nitrogens with one attached hydrogen (secondary N) is 1. The van der Waals surface area contributed by atoms with E-state index in [-0.39, 0.29) is 11.6 Å². The number of hydrogen-bond acceptors (Lipinski definition) is 2. The molecule has 0 aliphatic rings. The number of hydrogen-bond donors (Lipinski definition) is 2. The number of benzene rings is 1. The quantitative estimate of drug-likeness (QED) is 0.642. The average molecular weight is 287 g/mol. The highest BCUT2D eigenvalue weighted by atomic mass is 19.4. The number of amidine groups is 1. The molecule has 0 fully saturated rings. The van der Waals surface area contributed by atoms with E-state index in [4.69, 9.17) is 11.1 Å². The van der Waals surface area contributed by atoms with Gasteiger partial charge in [-0.2, -0.15) is 13.2 Å². The Balaban J connectivity index is 3.29. The summed E-state index contributed by atoms with van der Waals surface area (Å²) < 4.78 is 39.1. The van der Waals surface area contributed by atoms with Crippen molar-refractivity contribution in [1.29, 1.82) is 5.41 Å². The predicted octanol–water partition coefficient (Wildman–Crippen LogP) is 3.61. The molecule has 6 heteroatoms. The Morgan fingerprint density at radius 2 is 1.85 bits per heavy atom. The van der Waals surface area contributed by atoms with Crippen LogP contribution in [0.5, 0.6) is 0 Å². The van der Waals surface area contributed by atoms with Crippen molar-refractivity contribution in [2.75, 3.05) is 11.9 Å². The first kappa shape index (κ1) is 16.3. The molecule has 1 rings (SSSR count). The van der Waals surface area contributed by atoms with E-state index >= 15 is 0 Å². The van der Waals surface area contributed by atoms with Crippen LogP contribution in [-0.4, -0.2) is 18.9 Å². The number of nitrogen functional groups attached to an aromatic ring is 1. The van der Waals surface area contributed by atoms with Gasteiger partial charge in [0.15, 0.2) is 0 Å². The maximum atomic E-state index is 13.0. The molecule has 1 aromatic rings. The maximum Gasteiger partial charge on any atom is 0.417 e. The van der Waals surface area contributed by atoms with Gasteiger partial charge >= 0.3 is 6.18 Å². The van der Waals surface area contributed by atoms with Crippen LogP contribution in [0.3, 0.4) is 0 Å². The van der Waals surface area contributed by atoms with E-state index in [1.807, 2.05) is 18.7 Å². The van der Waals surface area contributed by atoms with Crippen molar-refractivity contribution >= 4 is 11.5 Å². The van der Waals surface area contributed by atoms with E-state index in [0.29, 0.717) is 5.69 Å². The minimum absolute atomic E-state index is 0.180. The Morgan fingerprint density at radius 1 is 1.30 bits per heavy atom. The fourth-order valence-electron chi connectivity index (χ4n) is 2.27. The van der Waals surface area contributed by atoms with Gasteiger partial charge in [-0.1, -0.05) is 13.8 Å². The number of rotatable bonds is 5. The molecule has 0 unspecified atom stereocenters. The standard InChI is InChI=1S/C14H20F3N3/c1-4-9(5-2)20(3)10-6-7-11(13(18)19)12(8-10)14(15,16)17/h6-9H,4-5H2,1-3H3,(H3,18,19). The van der Waals surface area contributed by atoms with E-state index < -0.39 is 17.6 Å². The summed E-state index contributed by atoms with van der Waals surface area (Å²) >= 11 is 0. The normalized spacial score (nSPS) is 11.8. The van der Waals surface area contributed by atoms with E-state index in [1.54, 1.807) is 13.1 Å². The molecule has 0 amide bonds. The molecule has 0 aliphatic carbocycles. The van der Waals surface area contributed by atoms with Crippen molar-refractivity contribution in [2.45, 2.75) is 38.9 Å². The minimum atomic E-state index is -4.52. The molecule has 0 aliphatic heterocycles. The lowest BCUT2D eigenvalue weighted by Crippen LogP contribution is -2.31. The van der Waals surface area contributed by atoms with Crippen molar-refractivity contribution in [2.24, 2.45) is 5.73 Å². The minimum Gasteiger partial charge on any atom is -0.384 e. The third-order valence-corrected chi connectivity index (χ3v) is 3.50. The van der Waals surface area contributed by atoms with Gasteiger partial charge in [-0.25, -0.2) is 0 Å². The smallest absolute Gasteiger partial charge is 0.384 e. The number of anilines is 1. The molecule has 0 atom stereocenters. The SMILES string of the molecule is CCC(CC)N(C)c1ccc(C(=N)N)c(C(F)(F)F)c1. The predicted molar refractivity (Wildman–Crippen MR) is 75.2 cm³/mol. The van der Waals surface area contributed by atoms with Crippen LogP contribution in [0.4, 0.5) is 18.9 Å². The largest absolute Gasteiger partial charge is 0.417 e. The van der Waals surface area contributed by atoms with Gasteiger partial charge in [0.05, 0.1) is 5.56 Å². The topological polar surface area (TPSA) is 53.1 Å². The second-order valence-electron chi connectivity index (χ2n) is 4.72. The second kappa shape index (κ2) is 6.15. The van der Waals surface area contributed by atoms with Crippen molar-refractivity contribution in [3.8, 4) is 0 Å². The fraction of sp³-hybridized carbons (Fsp3) is 0.500. The molecule has 0 saturated carbocycles. The Bertz CT molecular complexity index is 479. The van der Waals surface area contributed by atoms with Crippen LogP contribution >= 0.6 is 0 Å². The lowest BCUT2D eigenvalue weighted by molar-refractivity contribution is -0.137. The highest BCUT2D eigenvalue weighted by molar-refractivity contribution is 5.97. The molecule has 1 aromatic carbocycles. The van der Waals surface area contributed by atoms with Crippen LogP contribution in [0.25, 0.3) is 0 Å². The summed E-state index contributed by atoms with van der Waals surface area (Å²) in [4.78, 5) is 1.83. The molecule has 112 valence electrons. The summed E-state index contributed by atoms with van der Waals surface area (Å²) in [5, 5.41) is 7.26. The van der Waals surface area contributed by atoms with Gasteiger partial charge in [0.25, 0.3) is 0 Å². The monoisotopic (exact) mass is 287 g/mol. The summed E-state index contributed by atoms with van der Waals surface area (Å²) in [6.45, 7) is 4.00. The molecule has 20 heavy (non-hydrogen) atoms. The van der Waals surface area contributed by atoms with Crippen molar-refractivity contribution in [1.82, 2.24) is 0 Å². The van der Waals surface area contributed by atoms with Gasteiger partial charge in [0.1, 0.15) is 5.84 Å². The molecule has 0 radical (unpaired) electrons. The molecule has 0 aromatic heterocycles. The van der Waals surface area contributed by atoms with Gasteiger partial charge < -0.3 is 10.6 Å². The molecule has 0 spiro atoms. The average Bonchev–Trinajstić information content (AvgIpc) is 2.38. The van der Waals surface area contributed by atoms with Crippen molar-refractivity contribution < 1.29 is 13.2 Å². The van der Waals surface area contributed by atoms with Crippen LogP contribution in [0.1, 0.15) is 37.8 Å². The van der Waals surface area contributed by atoms with Gasteiger partial charge in [-0.3, -0.25) is 5.41 Å². The fourth-order valence-corrected chi connectivity index (χ4v) is 2.27. The van der Waals surface area contributed by atoms with Crippen LogP contribution < -0.4 is 10.6 Å². The Morgan fingerprint density at radius 3 is 2.25 bits per heavy atom. The first-order valence-corrected chi connectivity index (χ1v) is 6.50. The molecular formula is C14H20F3N3. The van der Waals surface area contributed by atoms with Gasteiger partial charge in [0.2, 0.25) is 0 Å². The zero-order chi connectivity index (χ0) is 15.5. The van der Waals surface area contributed by atoms with Crippen LogP contribution in [0.15, 0.2) is 18.2 Å². The number of nitrogens with zero attached hydrogens (tertiary/aromatic N) is 1. The highest BCUT2D eigenvalue weighted by Crippen LogP contribution is 2.35. The number of alkyl halides is 3. The van der Waals surface area contributed by atoms with Crippen molar-refractivity contribution in [3.63, 3.8) is 0 Å². The number of halogens is 3. The summed E-state index contributed by atoms with van der Waals surface area (Å²) in [7, 11) is 1.78. The summed E-state index contributed by atoms with van der Waals surface area (Å²) in [5.74, 6) is -0.575. The molecule has 3 nitrogen and oxygen atoms in total. The van der Waals surface area contributed by atoms with Crippen LogP contribution in [0.2, 0.25) is 0 Å². The van der Waals surface area contributed by atoms with Gasteiger partial charge in [-0.15, -0.1) is 0 Å². The van der Waals surface area contributed by atoms with Crippen LogP contribution in [0, 0.1) is 5.41 Å². The Kier molecular flexibility index (Phi) is 5.03. The lowest BCUT2D eigenvalue weighted by Gasteiger charge is -2.29. The zero-order valence-electron chi connectivity index (χ0n) is 11.9. The zero-order valence-corrected chi connectivity index (χ0v) is 11.9. The maximum absolute atomic E-state index is 13.0. The first-order valence-electron chi connectivity index (χ1n) is 6.50. The Hall–Kier alpha value is -1.72. The number of nitrogens with two attached hydrogens (primary N) is 1. The Labute approximate surface area is 117 Å². The third kappa shape index (κ3) is 3.43. The third-order valence-electron chi connectivity index (χ3n) is 3.50. The first-order chi connectivity index (χ1) is 9.22. The molecule has 3 N–H and O–H groups in total. The van der Waals surface area contributed by atoms with Crippen molar-refractivity contribution in [3.05, 3.63) is 29.3 Å². The summed E-state index contributed by atoms with van der Waals surface area (Å²) in [6.07, 6.45) is -2.82. The molecule has 0 heterocycles.